The lowest BCUT2D eigenvalue weighted by molar-refractivity contribution is -0.123. The number of amides is 1. The number of benzene rings is 2. The molecule has 2 aromatic carbocycles. The lowest BCUT2D eigenvalue weighted by atomic mass is 10.1. The lowest BCUT2D eigenvalue weighted by Crippen LogP contribution is -2.28. The molecule has 0 bridgehead atoms. The number of hydrogen-bond acceptors (Lipinski definition) is 6. The number of carbonyl (C=O) groups excluding carboxylic acids is 1. The SMILES string of the molecule is COc1cc(OC)c(OC)cc1CNC(=O)COc1ccccc1C#N. The Labute approximate surface area is 152 Å². The van der Waals surface area contributed by atoms with Crippen molar-refractivity contribution in [1.29, 1.82) is 5.26 Å². The van der Waals surface area contributed by atoms with Crippen molar-refractivity contribution < 1.29 is 23.7 Å². The monoisotopic (exact) mass is 356 g/mol. The molecule has 0 saturated heterocycles. The first-order valence-corrected chi connectivity index (χ1v) is 7.80. The molecule has 2 rings (SSSR count). The Bertz CT molecular complexity index is 814. The van der Waals surface area contributed by atoms with Crippen LogP contribution in [-0.4, -0.2) is 33.8 Å². The van der Waals surface area contributed by atoms with Gasteiger partial charge in [0.15, 0.2) is 18.1 Å². The Kier molecular flexibility index (Phi) is 6.68. The molecule has 0 aromatic heterocycles. The summed E-state index contributed by atoms with van der Waals surface area (Å²) in [5.74, 6) is 1.69. The van der Waals surface area contributed by atoms with E-state index in [1.807, 2.05) is 6.07 Å². The van der Waals surface area contributed by atoms with Crippen LogP contribution in [0.15, 0.2) is 36.4 Å². The van der Waals surface area contributed by atoms with Gasteiger partial charge in [0.1, 0.15) is 17.6 Å². The molecular formula is C19H20N2O5. The van der Waals surface area contributed by atoms with E-state index in [2.05, 4.69) is 5.32 Å². The van der Waals surface area contributed by atoms with Crippen molar-refractivity contribution in [2.45, 2.75) is 6.54 Å². The molecule has 0 aliphatic heterocycles. The molecule has 0 saturated carbocycles. The molecule has 26 heavy (non-hydrogen) atoms. The largest absolute Gasteiger partial charge is 0.496 e. The standard InChI is InChI=1S/C19H20N2O5/c1-23-16-9-18(25-3)17(24-2)8-14(16)11-21-19(22)12-26-15-7-5-4-6-13(15)10-20/h4-9H,11-12H2,1-3H3,(H,21,22). The van der Waals surface area contributed by atoms with Crippen LogP contribution in [0.2, 0.25) is 0 Å². The average molecular weight is 356 g/mol. The van der Waals surface area contributed by atoms with E-state index < -0.39 is 0 Å². The molecule has 0 aliphatic carbocycles. The number of ether oxygens (including phenoxy) is 4. The summed E-state index contributed by atoms with van der Waals surface area (Å²) in [4.78, 5) is 12.1. The minimum atomic E-state index is -0.324. The number of para-hydroxylation sites is 1. The first-order valence-electron chi connectivity index (χ1n) is 7.80. The molecule has 0 radical (unpaired) electrons. The molecule has 1 amide bonds. The fourth-order valence-electron chi connectivity index (χ4n) is 2.30. The maximum Gasteiger partial charge on any atom is 0.258 e. The minimum Gasteiger partial charge on any atom is -0.496 e. The summed E-state index contributed by atoms with van der Waals surface area (Å²) in [7, 11) is 4.61. The second kappa shape index (κ2) is 9.18. The van der Waals surface area contributed by atoms with Gasteiger partial charge in [-0.25, -0.2) is 0 Å². The Hall–Kier alpha value is -3.40. The molecule has 0 unspecified atom stereocenters. The summed E-state index contributed by atoms with van der Waals surface area (Å²) < 4.78 is 21.2. The summed E-state index contributed by atoms with van der Waals surface area (Å²) in [5.41, 5.74) is 1.11. The van der Waals surface area contributed by atoms with E-state index in [1.54, 1.807) is 36.4 Å². The van der Waals surface area contributed by atoms with Crippen LogP contribution in [-0.2, 0) is 11.3 Å². The highest BCUT2D eigenvalue weighted by atomic mass is 16.5. The van der Waals surface area contributed by atoms with Crippen LogP contribution >= 0.6 is 0 Å². The van der Waals surface area contributed by atoms with E-state index in [9.17, 15) is 4.79 Å². The number of hydrogen-bond donors (Lipinski definition) is 1. The topological polar surface area (TPSA) is 89.8 Å². The summed E-state index contributed by atoms with van der Waals surface area (Å²) in [6.45, 7) is 0.0277. The highest BCUT2D eigenvalue weighted by molar-refractivity contribution is 5.77. The zero-order chi connectivity index (χ0) is 18.9. The molecule has 7 heteroatoms. The van der Waals surface area contributed by atoms with Gasteiger partial charge in [0.25, 0.3) is 5.91 Å². The Balaban J connectivity index is 2.00. The van der Waals surface area contributed by atoms with Gasteiger partial charge in [-0.1, -0.05) is 12.1 Å². The molecule has 0 heterocycles. The number of nitriles is 1. The normalized spacial score (nSPS) is 9.77. The van der Waals surface area contributed by atoms with E-state index in [0.29, 0.717) is 28.6 Å². The Morgan fingerprint density at radius 1 is 1.00 bits per heavy atom. The molecule has 0 aliphatic rings. The van der Waals surface area contributed by atoms with Crippen molar-refractivity contribution in [1.82, 2.24) is 5.32 Å². The number of rotatable bonds is 8. The van der Waals surface area contributed by atoms with Crippen molar-refractivity contribution in [2.75, 3.05) is 27.9 Å². The van der Waals surface area contributed by atoms with Crippen LogP contribution in [0.4, 0.5) is 0 Å². The van der Waals surface area contributed by atoms with Crippen LogP contribution in [0.1, 0.15) is 11.1 Å². The maximum atomic E-state index is 12.1. The van der Waals surface area contributed by atoms with E-state index in [-0.39, 0.29) is 19.1 Å². The second-order valence-electron chi connectivity index (χ2n) is 5.19. The quantitative estimate of drug-likeness (QED) is 0.780. The van der Waals surface area contributed by atoms with Crippen LogP contribution < -0.4 is 24.3 Å². The van der Waals surface area contributed by atoms with E-state index in [0.717, 1.165) is 5.56 Å². The zero-order valence-electron chi connectivity index (χ0n) is 14.9. The van der Waals surface area contributed by atoms with Crippen molar-refractivity contribution in [3.63, 3.8) is 0 Å². The molecule has 0 fully saturated rings. The van der Waals surface area contributed by atoms with Crippen LogP contribution in [0.3, 0.4) is 0 Å². The maximum absolute atomic E-state index is 12.1. The predicted octanol–water partition coefficient (Wildman–Crippen LogP) is 2.28. The van der Waals surface area contributed by atoms with Gasteiger partial charge in [0.05, 0.1) is 26.9 Å². The average Bonchev–Trinajstić information content (AvgIpc) is 2.69. The summed E-state index contributed by atoms with van der Waals surface area (Å²) in [5, 5.41) is 11.8. The third-order valence-electron chi connectivity index (χ3n) is 3.63. The van der Waals surface area contributed by atoms with E-state index in [1.165, 1.54) is 21.3 Å². The summed E-state index contributed by atoms with van der Waals surface area (Å²) in [6.07, 6.45) is 0. The third kappa shape index (κ3) is 4.57. The van der Waals surface area contributed by atoms with Crippen LogP contribution in [0.25, 0.3) is 0 Å². The van der Waals surface area contributed by atoms with Gasteiger partial charge < -0.3 is 24.3 Å². The van der Waals surface area contributed by atoms with Gasteiger partial charge >= 0.3 is 0 Å². The highest BCUT2D eigenvalue weighted by Crippen LogP contribution is 2.34. The lowest BCUT2D eigenvalue weighted by Gasteiger charge is -2.15. The fourth-order valence-corrected chi connectivity index (χ4v) is 2.30. The first kappa shape index (κ1) is 18.9. The molecule has 1 N–H and O–H groups in total. The molecule has 0 spiro atoms. The Morgan fingerprint density at radius 3 is 2.31 bits per heavy atom. The van der Waals surface area contributed by atoms with Gasteiger partial charge in [0, 0.05) is 18.2 Å². The summed E-state index contributed by atoms with van der Waals surface area (Å²) in [6, 6.07) is 12.2. The van der Waals surface area contributed by atoms with Crippen LogP contribution in [0.5, 0.6) is 23.0 Å². The molecular weight excluding hydrogens is 336 g/mol. The van der Waals surface area contributed by atoms with Gasteiger partial charge in [-0.3, -0.25) is 4.79 Å². The Morgan fingerprint density at radius 2 is 1.65 bits per heavy atom. The number of carbonyl (C=O) groups is 1. The molecule has 0 atom stereocenters. The van der Waals surface area contributed by atoms with Gasteiger partial charge in [0.2, 0.25) is 0 Å². The number of nitrogens with zero attached hydrogens (tertiary/aromatic N) is 1. The molecule has 7 nitrogen and oxygen atoms in total. The van der Waals surface area contributed by atoms with Crippen molar-refractivity contribution >= 4 is 5.91 Å². The fraction of sp³-hybridized carbons (Fsp3) is 0.263. The summed E-state index contributed by atoms with van der Waals surface area (Å²) >= 11 is 0. The molecule has 136 valence electrons. The van der Waals surface area contributed by atoms with Crippen molar-refractivity contribution in [3.8, 4) is 29.1 Å². The van der Waals surface area contributed by atoms with Crippen molar-refractivity contribution in [2.24, 2.45) is 0 Å². The number of nitrogens with one attached hydrogen (secondary N) is 1. The third-order valence-corrected chi connectivity index (χ3v) is 3.63. The van der Waals surface area contributed by atoms with Gasteiger partial charge in [-0.15, -0.1) is 0 Å². The number of methoxy groups -OCH3 is 3. The minimum absolute atomic E-state index is 0.200. The van der Waals surface area contributed by atoms with Gasteiger partial charge in [-0.2, -0.15) is 5.26 Å². The predicted molar refractivity (Wildman–Crippen MR) is 94.6 cm³/mol. The second-order valence-corrected chi connectivity index (χ2v) is 5.19. The van der Waals surface area contributed by atoms with Crippen LogP contribution in [0, 0.1) is 11.3 Å². The van der Waals surface area contributed by atoms with E-state index in [4.69, 9.17) is 24.2 Å². The highest BCUT2D eigenvalue weighted by Gasteiger charge is 2.13. The molecule has 2 aromatic rings. The zero-order valence-corrected chi connectivity index (χ0v) is 14.9. The van der Waals surface area contributed by atoms with Gasteiger partial charge in [-0.05, 0) is 18.2 Å². The first-order chi connectivity index (χ1) is 12.6. The van der Waals surface area contributed by atoms with Crippen molar-refractivity contribution in [3.05, 3.63) is 47.5 Å². The smallest absolute Gasteiger partial charge is 0.258 e. The van der Waals surface area contributed by atoms with E-state index >= 15 is 0 Å².